The van der Waals surface area contributed by atoms with Gasteiger partial charge in [-0.2, -0.15) is 5.10 Å². The standard InChI is InChI=1S/C15H9Cl2N2/c16-12-7-5-11(6-8-12)14-9-10-18-19(14)15-4-2-1-3-13(15)17/h1-8,10H. The monoisotopic (exact) mass is 287 g/mol. The van der Waals surface area contributed by atoms with Gasteiger partial charge in [0.05, 0.1) is 22.6 Å². The van der Waals surface area contributed by atoms with Gasteiger partial charge in [-0.1, -0.05) is 47.5 Å². The van der Waals surface area contributed by atoms with Crippen molar-refractivity contribution in [1.82, 2.24) is 9.78 Å². The zero-order chi connectivity index (χ0) is 13.2. The third-order valence-corrected chi connectivity index (χ3v) is 3.36. The van der Waals surface area contributed by atoms with Crippen molar-refractivity contribution >= 4 is 23.2 Å². The largest absolute Gasteiger partial charge is 0.231 e. The Balaban J connectivity index is 2.13. The summed E-state index contributed by atoms with van der Waals surface area (Å²) in [5.74, 6) is 0. The summed E-state index contributed by atoms with van der Waals surface area (Å²) in [6.45, 7) is 0. The minimum Gasteiger partial charge on any atom is -0.231 e. The normalized spacial score (nSPS) is 10.6. The van der Waals surface area contributed by atoms with Gasteiger partial charge in [-0.25, -0.2) is 4.68 Å². The lowest BCUT2D eigenvalue weighted by molar-refractivity contribution is 0.888. The molecule has 0 amide bonds. The van der Waals surface area contributed by atoms with Gasteiger partial charge in [0.15, 0.2) is 0 Å². The molecular weight excluding hydrogens is 279 g/mol. The van der Waals surface area contributed by atoms with E-state index in [2.05, 4.69) is 11.2 Å². The Labute approximate surface area is 121 Å². The number of nitrogens with zero attached hydrogens (tertiary/aromatic N) is 2. The number of halogens is 2. The van der Waals surface area contributed by atoms with Gasteiger partial charge in [0.2, 0.25) is 0 Å². The minimum atomic E-state index is 0.648. The molecule has 0 bridgehead atoms. The summed E-state index contributed by atoms with van der Waals surface area (Å²) in [5.41, 5.74) is 2.67. The van der Waals surface area contributed by atoms with E-state index in [0.717, 1.165) is 16.9 Å². The number of hydrogen-bond donors (Lipinski definition) is 0. The van der Waals surface area contributed by atoms with Crippen molar-refractivity contribution < 1.29 is 0 Å². The molecule has 19 heavy (non-hydrogen) atoms. The highest BCUT2D eigenvalue weighted by molar-refractivity contribution is 6.32. The molecule has 0 aliphatic heterocycles. The number of para-hydroxylation sites is 1. The van der Waals surface area contributed by atoms with E-state index >= 15 is 0 Å². The van der Waals surface area contributed by atoms with E-state index in [0.29, 0.717) is 10.0 Å². The summed E-state index contributed by atoms with van der Waals surface area (Å²) in [6.07, 6.45) is 1.63. The second kappa shape index (κ2) is 5.08. The van der Waals surface area contributed by atoms with E-state index in [9.17, 15) is 0 Å². The molecule has 2 nitrogen and oxygen atoms in total. The van der Waals surface area contributed by atoms with Gasteiger partial charge < -0.3 is 0 Å². The molecule has 1 heterocycles. The third-order valence-electron chi connectivity index (χ3n) is 2.78. The molecule has 93 valence electrons. The SMILES string of the molecule is Clc1ccc(-c2[c]cnn2-c2ccccc2Cl)cc1. The van der Waals surface area contributed by atoms with Gasteiger partial charge in [0, 0.05) is 16.7 Å². The smallest absolute Gasteiger partial charge is 0.0839 e. The van der Waals surface area contributed by atoms with Gasteiger partial charge in [-0.15, -0.1) is 0 Å². The molecule has 0 saturated carbocycles. The van der Waals surface area contributed by atoms with Crippen LogP contribution in [0.15, 0.2) is 54.7 Å². The molecule has 4 heteroatoms. The van der Waals surface area contributed by atoms with Crippen molar-refractivity contribution in [2.24, 2.45) is 0 Å². The van der Waals surface area contributed by atoms with Crippen LogP contribution < -0.4 is 0 Å². The highest BCUT2D eigenvalue weighted by atomic mass is 35.5. The van der Waals surface area contributed by atoms with Gasteiger partial charge in [0.25, 0.3) is 0 Å². The van der Waals surface area contributed by atoms with Gasteiger partial charge in [-0.3, -0.25) is 0 Å². The van der Waals surface area contributed by atoms with Gasteiger partial charge in [0.1, 0.15) is 0 Å². The summed E-state index contributed by atoms with van der Waals surface area (Å²) in [7, 11) is 0. The summed E-state index contributed by atoms with van der Waals surface area (Å²) >= 11 is 12.1. The summed E-state index contributed by atoms with van der Waals surface area (Å²) < 4.78 is 1.77. The van der Waals surface area contributed by atoms with Crippen molar-refractivity contribution in [2.45, 2.75) is 0 Å². The van der Waals surface area contributed by atoms with Crippen molar-refractivity contribution in [2.75, 3.05) is 0 Å². The van der Waals surface area contributed by atoms with Crippen LogP contribution in [0, 0.1) is 6.07 Å². The Morgan fingerprint density at radius 1 is 0.947 bits per heavy atom. The van der Waals surface area contributed by atoms with Gasteiger partial charge in [-0.05, 0) is 24.3 Å². The molecule has 0 unspecified atom stereocenters. The maximum Gasteiger partial charge on any atom is 0.0839 e. The highest BCUT2D eigenvalue weighted by Gasteiger charge is 2.10. The Morgan fingerprint density at radius 2 is 1.68 bits per heavy atom. The fourth-order valence-electron chi connectivity index (χ4n) is 1.89. The maximum atomic E-state index is 6.20. The second-order valence-electron chi connectivity index (χ2n) is 4.01. The molecular formula is C15H9Cl2N2. The first kappa shape index (κ1) is 12.3. The second-order valence-corrected chi connectivity index (χ2v) is 4.85. The van der Waals surface area contributed by atoms with Crippen LogP contribution in [0.5, 0.6) is 0 Å². The predicted octanol–water partition coefficient (Wildman–Crippen LogP) is 4.65. The lowest BCUT2D eigenvalue weighted by atomic mass is 10.1. The zero-order valence-electron chi connectivity index (χ0n) is 9.85. The Morgan fingerprint density at radius 3 is 2.42 bits per heavy atom. The first-order chi connectivity index (χ1) is 9.25. The topological polar surface area (TPSA) is 17.8 Å². The van der Waals surface area contributed by atoms with E-state index in [4.69, 9.17) is 23.2 Å². The first-order valence-corrected chi connectivity index (χ1v) is 6.48. The molecule has 3 aromatic rings. The average Bonchev–Trinajstić information content (AvgIpc) is 2.89. The molecule has 1 aromatic heterocycles. The molecule has 0 fully saturated rings. The molecule has 0 atom stereocenters. The minimum absolute atomic E-state index is 0.648. The van der Waals surface area contributed by atoms with E-state index in [1.165, 1.54) is 0 Å². The molecule has 0 aliphatic rings. The fraction of sp³-hybridized carbons (Fsp3) is 0. The van der Waals surface area contributed by atoms with Crippen molar-refractivity contribution in [3.05, 3.63) is 70.8 Å². The Bertz CT molecular complexity index is 702. The van der Waals surface area contributed by atoms with E-state index in [1.807, 2.05) is 48.5 Å². The van der Waals surface area contributed by atoms with Crippen LogP contribution in [0.1, 0.15) is 0 Å². The molecule has 1 radical (unpaired) electrons. The lowest BCUT2D eigenvalue weighted by Crippen LogP contribution is -1.99. The number of aromatic nitrogens is 2. The van der Waals surface area contributed by atoms with E-state index in [-0.39, 0.29) is 0 Å². The Kier molecular flexibility index (Phi) is 3.28. The fourth-order valence-corrected chi connectivity index (χ4v) is 2.23. The van der Waals surface area contributed by atoms with Crippen LogP contribution in [0.25, 0.3) is 16.9 Å². The molecule has 0 saturated heterocycles. The summed E-state index contributed by atoms with van der Waals surface area (Å²) in [5, 5.41) is 5.64. The van der Waals surface area contributed by atoms with Crippen molar-refractivity contribution in [1.29, 1.82) is 0 Å². The molecule has 0 spiro atoms. The van der Waals surface area contributed by atoms with E-state index < -0.39 is 0 Å². The molecule has 2 aromatic carbocycles. The molecule has 0 aliphatic carbocycles. The average molecular weight is 288 g/mol. The number of benzene rings is 2. The van der Waals surface area contributed by atoms with Crippen LogP contribution in [-0.2, 0) is 0 Å². The van der Waals surface area contributed by atoms with Crippen LogP contribution >= 0.6 is 23.2 Å². The van der Waals surface area contributed by atoms with Gasteiger partial charge >= 0.3 is 0 Å². The molecule has 3 rings (SSSR count). The Hall–Kier alpha value is -1.77. The van der Waals surface area contributed by atoms with Crippen LogP contribution in [0.4, 0.5) is 0 Å². The summed E-state index contributed by atoms with van der Waals surface area (Å²) in [4.78, 5) is 0. The third kappa shape index (κ3) is 2.37. The van der Waals surface area contributed by atoms with Crippen molar-refractivity contribution in [3.63, 3.8) is 0 Å². The van der Waals surface area contributed by atoms with Crippen LogP contribution in [-0.4, -0.2) is 9.78 Å². The number of rotatable bonds is 2. The summed E-state index contributed by atoms with van der Waals surface area (Å²) in [6, 6.07) is 18.2. The van der Waals surface area contributed by atoms with Crippen LogP contribution in [0.2, 0.25) is 10.0 Å². The predicted molar refractivity (Wildman–Crippen MR) is 77.9 cm³/mol. The zero-order valence-corrected chi connectivity index (χ0v) is 11.4. The van der Waals surface area contributed by atoms with Crippen LogP contribution in [0.3, 0.4) is 0 Å². The lowest BCUT2D eigenvalue weighted by Gasteiger charge is -2.09. The molecule has 0 N–H and O–H groups in total. The van der Waals surface area contributed by atoms with Crippen molar-refractivity contribution in [3.8, 4) is 16.9 Å². The number of hydrogen-bond acceptors (Lipinski definition) is 1. The van der Waals surface area contributed by atoms with E-state index in [1.54, 1.807) is 10.9 Å². The first-order valence-electron chi connectivity index (χ1n) is 5.72. The highest BCUT2D eigenvalue weighted by Crippen LogP contribution is 2.26. The maximum absolute atomic E-state index is 6.20. The quantitative estimate of drug-likeness (QED) is 0.671.